The molecule has 4 N–H and O–H groups in total. The van der Waals surface area contributed by atoms with Gasteiger partial charge in [-0.25, -0.2) is 13.2 Å². The monoisotopic (exact) mass is 336 g/mol. The van der Waals surface area contributed by atoms with Gasteiger partial charge in [-0.1, -0.05) is 19.8 Å². The summed E-state index contributed by atoms with van der Waals surface area (Å²) in [6.07, 6.45) is -9.86. The molecule has 2 rings (SSSR count). The van der Waals surface area contributed by atoms with E-state index >= 15 is 0 Å². The van der Waals surface area contributed by atoms with Crippen molar-refractivity contribution in [1.82, 2.24) is 0 Å². The molecule has 0 spiro atoms. The van der Waals surface area contributed by atoms with E-state index in [0.717, 1.165) is 0 Å². The normalized spacial score (nSPS) is 39.5. The van der Waals surface area contributed by atoms with Crippen molar-refractivity contribution in [3.63, 3.8) is 0 Å². The summed E-state index contributed by atoms with van der Waals surface area (Å²) >= 11 is 0. The third-order valence-electron chi connectivity index (χ3n) is 4.48. The number of alkyl halides is 5. The van der Waals surface area contributed by atoms with Gasteiger partial charge in [-0.3, -0.25) is 0 Å². The Labute approximate surface area is 126 Å². The quantitative estimate of drug-likeness (QED) is 0.730. The Hall–Kier alpha value is -0.470. The van der Waals surface area contributed by atoms with E-state index in [4.69, 9.17) is 0 Å². The Bertz CT molecular complexity index is 312. The predicted octanol–water partition coefficient (Wildman–Crippen LogP) is 2.95. The van der Waals surface area contributed by atoms with E-state index in [1.54, 1.807) is 0 Å². The fourth-order valence-corrected chi connectivity index (χ4v) is 3.10. The smallest absolute Gasteiger partial charge is 0.358 e. The summed E-state index contributed by atoms with van der Waals surface area (Å²) in [7, 11) is 0. The molecule has 2 aliphatic rings. The molecule has 0 aromatic rings. The number of rotatable bonds is 3. The van der Waals surface area contributed by atoms with Crippen LogP contribution in [0.15, 0.2) is 0 Å². The Morgan fingerprint density at radius 3 is 1.77 bits per heavy atom. The second kappa shape index (κ2) is 8.40. The Morgan fingerprint density at radius 2 is 1.32 bits per heavy atom. The maximum Gasteiger partial charge on any atom is 0.358 e. The number of hydrogen-bond donors (Lipinski definition) is 0. The van der Waals surface area contributed by atoms with Gasteiger partial charge in [0.1, 0.15) is 12.3 Å². The lowest BCUT2D eigenvalue weighted by Crippen LogP contribution is -2.45. The Balaban J connectivity index is 0.00000220. The number of hydrogen-bond acceptors (Lipinski definition) is 1. The summed E-state index contributed by atoms with van der Waals surface area (Å²) in [4.78, 5) is 0. The molecule has 2 fully saturated rings. The van der Waals surface area contributed by atoms with Crippen molar-refractivity contribution < 1.29 is 37.6 Å². The molecule has 2 aliphatic carbocycles. The highest BCUT2D eigenvalue weighted by Gasteiger charge is 2.47. The van der Waals surface area contributed by atoms with Crippen LogP contribution in [0.2, 0.25) is 0 Å². The molecule has 3 nitrogen and oxygen atoms in total. The van der Waals surface area contributed by atoms with Gasteiger partial charge >= 0.3 is 6.11 Å². The van der Waals surface area contributed by atoms with Crippen molar-refractivity contribution in [2.45, 2.75) is 76.2 Å². The summed E-state index contributed by atoms with van der Waals surface area (Å²) in [5, 5.41) is 0. The lowest BCUT2D eigenvalue weighted by Gasteiger charge is -2.37. The zero-order chi connectivity index (χ0) is 14.9. The van der Waals surface area contributed by atoms with Crippen LogP contribution in [0, 0.1) is 11.8 Å². The van der Waals surface area contributed by atoms with Gasteiger partial charge in [-0.2, -0.15) is 8.78 Å². The molecular weight excluding hydrogens is 311 g/mol. The third kappa shape index (κ3) is 5.03. The summed E-state index contributed by atoms with van der Waals surface area (Å²) < 4.78 is 72.1. The molecule has 22 heavy (non-hydrogen) atoms. The first-order valence-electron chi connectivity index (χ1n) is 7.27. The van der Waals surface area contributed by atoms with Gasteiger partial charge in [-0.05, 0) is 18.8 Å². The average Bonchev–Trinajstić information content (AvgIpc) is 2.36. The summed E-state index contributed by atoms with van der Waals surface area (Å²) in [5.74, 6) is -0.479. The van der Waals surface area contributed by atoms with Gasteiger partial charge in [-0.15, -0.1) is 0 Å². The SMILES string of the molecule is CC1CCC(C(F)(F)OC2CC(F)C(F)C(F)C2)CC1.O.O. The molecular formula is C14H25F5O3. The minimum Gasteiger partial charge on any atom is -0.412 e. The lowest BCUT2D eigenvalue weighted by atomic mass is 9.82. The van der Waals surface area contributed by atoms with Crippen molar-refractivity contribution in [2.24, 2.45) is 11.8 Å². The highest BCUT2D eigenvalue weighted by atomic mass is 19.3. The standard InChI is InChI=1S/C14H21F5O.2H2O/c1-8-2-4-9(5-3-8)14(18,19)20-10-6-11(15)13(17)12(16)7-10;;/h8-13H,2-7H2,1H3;2*1H2. The van der Waals surface area contributed by atoms with Crippen LogP contribution in [0.5, 0.6) is 0 Å². The van der Waals surface area contributed by atoms with E-state index in [9.17, 15) is 22.0 Å². The molecule has 0 radical (unpaired) electrons. The van der Waals surface area contributed by atoms with Crippen molar-refractivity contribution in [3.8, 4) is 0 Å². The average molecular weight is 336 g/mol. The zero-order valence-electron chi connectivity index (χ0n) is 12.5. The van der Waals surface area contributed by atoms with E-state index < -0.39 is 49.5 Å². The molecule has 0 heterocycles. The first-order valence-corrected chi connectivity index (χ1v) is 7.27. The highest BCUT2D eigenvalue weighted by molar-refractivity contribution is 4.88. The van der Waals surface area contributed by atoms with Gasteiger partial charge < -0.3 is 15.7 Å². The van der Waals surface area contributed by atoms with Crippen molar-refractivity contribution >= 4 is 0 Å². The summed E-state index contributed by atoms with van der Waals surface area (Å²) in [5.41, 5.74) is 0. The van der Waals surface area contributed by atoms with Crippen molar-refractivity contribution in [2.75, 3.05) is 0 Å². The molecule has 0 bridgehead atoms. The minimum atomic E-state index is -3.38. The topological polar surface area (TPSA) is 72.2 Å². The first-order chi connectivity index (χ1) is 9.29. The van der Waals surface area contributed by atoms with Gasteiger partial charge in [0.2, 0.25) is 0 Å². The van der Waals surface area contributed by atoms with Crippen molar-refractivity contribution in [3.05, 3.63) is 0 Å². The lowest BCUT2D eigenvalue weighted by molar-refractivity contribution is -0.306. The van der Waals surface area contributed by atoms with Crippen molar-refractivity contribution in [1.29, 1.82) is 0 Å². The molecule has 0 aromatic carbocycles. The van der Waals surface area contributed by atoms with Gasteiger partial charge in [0.05, 0.1) is 12.0 Å². The molecule has 0 saturated heterocycles. The van der Waals surface area contributed by atoms with E-state index in [1.165, 1.54) is 0 Å². The molecule has 0 aromatic heterocycles. The second-order valence-electron chi connectivity index (χ2n) is 6.21. The minimum absolute atomic E-state index is 0. The number of ether oxygens (including phenoxy) is 1. The van der Waals surface area contributed by atoms with Crippen LogP contribution in [-0.2, 0) is 4.74 Å². The second-order valence-corrected chi connectivity index (χ2v) is 6.21. The Morgan fingerprint density at radius 1 is 0.864 bits per heavy atom. The van der Waals surface area contributed by atoms with Gasteiger partial charge in [0.25, 0.3) is 0 Å². The van der Waals surface area contributed by atoms with Gasteiger partial charge in [0, 0.05) is 12.8 Å². The van der Waals surface area contributed by atoms with E-state index in [0.29, 0.717) is 31.6 Å². The molecule has 2 saturated carbocycles. The predicted molar refractivity (Wildman–Crippen MR) is 72.1 cm³/mol. The van der Waals surface area contributed by atoms with Crippen LogP contribution in [0.3, 0.4) is 0 Å². The fraction of sp³-hybridized carbons (Fsp3) is 1.00. The summed E-state index contributed by atoms with van der Waals surface area (Å²) in [6, 6.07) is 0. The van der Waals surface area contributed by atoms with E-state index in [2.05, 4.69) is 4.74 Å². The fourth-order valence-electron chi connectivity index (χ4n) is 3.10. The van der Waals surface area contributed by atoms with Crippen LogP contribution in [0.25, 0.3) is 0 Å². The van der Waals surface area contributed by atoms with E-state index in [-0.39, 0.29) is 11.0 Å². The molecule has 2 unspecified atom stereocenters. The highest BCUT2D eigenvalue weighted by Crippen LogP contribution is 2.42. The van der Waals surface area contributed by atoms with Crippen LogP contribution >= 0.6 is 0 Å². The van der Waals surface area contributed by atoms with Crippen LogP contribution in [0.1, 0.15) is 45.4 Å². The zero-order valence-corrected chi connectivity index (χ0v) is 12.5. The maximum absolute atomic E-state index is 14.0. The Kier molecular flexibility index (Phi) is 8.22. The molecule has 0 amide bonds. The van der Waals surface area contributed by atoms with Gasteiger partial charge in [0.15, 0.2) is 6.17 Å². The molecule has 8 heteroatoms. The van der Waals surface area contributed by atoms with Crippen LogP contribution in [0.4, 0.5) is 22.0 Å². The van der Waals surface area contributed by atoms with E-state index in [1.807, 2.05) is 6.92 Å². The largest absolute Gasteiger partial charge is 0.412 e. The molecule has 2 atom stereocenters. The number of halogens is 5. The van der Waals surface area contributed by atoms with Crippen LogP contribution < -0.4 is 0 Å². The molecule has 134 valence electrons. The third-order valence-corrected chi connectivity index (χ3v) is 4.48. The molecule has 0 aliphatic heterocycles. The first kappa shape index (κ1) is 21.5. The van der Waals surface area contributed by atoms with Crippen LogP contribution in [-0.4, -0.2) is 41.7 Å². The summed E-state index contributed by atoms with van der Waals surface area (Å²) in [6.45, 7) is 2.01. The maximum atomic E-state index is 14.0.